The van der Waals surface area contributed by atoms with E-state index in [2.05, 4.69) is 10.6 Å². The maximum Gasteiger partial charge on any atom is 0.404 e. The molecule has 1 rings (SSSR count). The van der Waals surface area contributed by atoms with Gasteiger partial charge in [0.25, 0.3) is 0 Å². The number of nitrogens with one attached hydrogen (secondary N) is 2. The van der Waals surface area contributed by atoms with E-state index >= 15 is 0 Å². The van der Waals surface area contributed by atoms with Gasteiger partial charge >= 0.3 is 6.09 Å². The van der Waals surface area contributed by atoms with Crippen molar-refractivity contribution < 1.29 is 9.90 Å². The third kappa shape index (κ3) is 5.35. The van der Waals surface area contributed by atoms with E-state index < -0.39 is 6.09 Å². The van der Waals surface area contributed by atoms with Gasteiger partial charge in [0.05, 0.1) is 0 Å². The Kier molecular flexibility index (Phi) is 6.23. The minimum atomic E-state index is -0.904. The van der Waals surface area contributed by atoms with Crippen LogP contribution >= 0.6 is 0 Å². The predicted octanol–water partition coefficient (Wildman–Crippen LogP) is 2.20. The minimum absolute atomic E-state index is 0.0700. The van der Waals surface area contributed by atoms with Gasteiger partial charge in [-0.1, -0.05) is 39.0 Å². The Labute approximate surface area is 97.8 Å². The largest absolute Gasteiger partial charge is 0.465 e. The van der Waals surface area contributed by atoms with Crippen LogP contribution in [0, 0.1) is 5.92 Å². The number of hydrogen-bond acceptors (Lipinski definition) is 2. The highest BCUT2D eigenvalue weighted by Gasteiger charge is 2.19. The maximum absolute atomic E-state index is 10.7. The molecule has 0 bridgehead atoms. The molecule has 0 spiro atoms. The normalized spacial score (nSPS) is 19.3. The smallest absolute Gasteiger partial charge is 0.404 e. The van der Waals surface area contributed by atoms with E-state index in [4.69, 9.17) is 5.11 Å². The van der Waals surface area contributed by atoms with Crippen molar-refractivity contribution in [3.8, 4) is 0 Å². The Bertz CT molecular complexity index is 203. The van der Waals surface area contributed by atoms with Gasteiger partial charge in [0, 0.05) is 12.6 Å². The first kappa shape index (κ1) is 13.3. The standard InChI is InChI=1S/C12H24N2O2/c1-2-13-9-11(14-12(15)16)8-10-6-4-3-5-7-10/h10-11,13-14H,2-9H2,1H3,(H,15,16). The van der Waals surface area contributed by atoms with Crippen molar-refractivity contribution in [2.45, 2.75) is 51.5 Å². The zero-order valence-electron chi connectivity index (χ0n) is 10.2. The van der Waals surface area contributed by atoms with Crippen LogP contribution in [0.1, 0.15) is 45.4 Å². The number of hydrogen-bond donors (Lipinski definition) is 3. The van der Waals surface area contributed by atoms with Crippen molar-refractivity contribution in [2.75, 3.05) is 13.1 Å². The molecule has 0 aromatic carbocycles. The lowest BCUT2D eigenvalue weighted by molar-refractivity contribution is 0.185. The Balaban J connectivity index is 2.31. The zero-order valence-corrected chi connectivity index (χ0v) is 10.2. The fraction of sp³-hybridized carbons (Fsp3) is 0.917. The Morgan fingerprint density at radius 2 is 2.06 bits per heavy atom. The van der Waals surface area contributed by atoms with Crippen LogP contribution in [0.3, 0.4) is 0 Å². The van der Waals surface area contributed by atoms with Crippen molar-refractivity contribution in [3.63, 3.8) is 0 Å². The number of carbonyl (C=O) groups is 1. The highest BCUT2D eigenvalue weighted by molar-refractivity contribution is 5.64. The van der Waals surface area contributed by atoms with Crippen LogP contribution in [0.4, 0.5) is 4.79 Å². The first-order chi connectivity index (χ1) is 7.72. The van der Waals surface area contributed by atoms with Gasteiger partial charge in [-0.15, -0.1) is 0 Å². The predicted molar refractivity (Wildman–Crippen MR) is 64.7 cm³/mol. The summed E-state index contributed by atoms with van der Waals surface area (Å²) >= 11 is 0. The summed E-state index contributed by atoms with van der Waals surface area (Å²) in [6.07, 6.45) is 6.59. The van der Waals surface area contributed by atoms with Crippen molar-refractivity contribution >= 4 is 6.09 Å². The van der Waals surface area contributed by atoms with Crippen LogP contribution < -0.4 is 10.6 Å². The molecular weight excluding hydrogens is 204 g/mol. The van der Waals surface area contributed by atoms with Crippen LogP contribution in [0.25, 0.3) is 0 Å². The lowest BCUT2D eigenvalue weighted by atomic mass is 9.85. The SMILES string of the molecule is CCNCC(CC1CCCCC1)NC(=O)O. The van der Waals surface area contributed by atoms with Crippen molar-refractivity contribution in [1.29, 1.82) is 0 Å². The average molecular weight is 228 g/mol. The van der Waals surface area contributed by atoms with E-state index in [1.165, 1.54) is 32.1 Å². The van der Waals surface area contributed by atoms with Crippen LogP contribution in [0.5, 0.6) is 0 Å². The first-order valence-electron chi connectivity index (χ1n) is 6.42. The van der Waals surface area contributed by atoms with Crippen molar-refractivity contribution in [2.24, 2.45) is 5.92 Å². The maximum atomic E-state index is 10.7. The molecule has 0 saturated heterocycles. The monoisotopic (exact) mass is 228 g/mol. The molecule has 94 valence electrons. The highest BCUT2D eigenvalue weighted by atomic mass is 16.4. The lowest BCUT2D eigenvalue weighted by Crippen LogP contribution is -2.42. The van der Waals surface area contributed by atoms with Gasteiger partial charge in [-0.25, -0.2) is 4.79 Å². The third-order valence-corrected chi connectivity index (χ3v) is 3.31. The second-order valence-corrected chi connectivity index (χ2v) is 4.69. The molecule has 1 aliphatic rings. The number of amides is 1. The summed E-state index contributed by atoms with van der Waals surface area (Å²) < 4.78 is 0. The molecule has 4 nitrogen and oxygen atoms in total. The van der Waals surface area contributed by atoms with Crippen LogP contribution in [0.15, 0.2) is 0 Å². The van der Waals surface area contributed by atoms with Crippen molar-refractivity contribution in [1.82, 2.24) is 10.6 Å². The van der Waals surface area contributed by atoms with Gasteiger partial charge in [-0.3, -0.25) is 0 Å². The molecule has 0 aromatic rings. The molecule has 1 saturated carbocycles. The summed E-state index contributed by atoms with van der Waals surface area (Å²) in [5.74, 6) is 0.712. The molecule has 1 aliphatic carbocycles. The van der Waals surface area contributed by atoms with Crippen molar-refractivity contribution in [3.05, 3.63) is 0 Å². The topological polar surface area (TPSA) is 61.4 Å². The molecule has 1 atom stereocenters. The lowest BCUT2D eigenvalue weighted by Gasteiger charge is -2.26. The van der Waals surface area contributed by atoms with Crippen LogP contribution in [0.2, 0.25) is 0 Å². The van der Waals surface area contributed by atoms with Crippen LogP contribution in [-0.2, 0) is 0 Å². The Morgan fingerprint density at radius 3 is 2.62 bits per heavy atom. The molecule has 3 N–H and O–H groups in total. The second-order valence-electron chi connectivity index (χ2n) is 4.69. The summed E-state index contributed by atoms with van der Waals surface area (Å²) in [5, 5.41) is 14.6. The molecule has 0 aromatic heterocycles. The number of carboxylic acid groups (broad SMARTS) is 1. The first-order valence-corrected chi connectivity index (χ1v) is 6.42. The van der Waals surface area contributed by atoms with E-state index in [0.717, 1.165) is 19.5 Å². The average Bonchev–Trinajstić information content (AvgIpc) is 2.26. The summed E-state index contributed by atoms with van der Waals surface area (Å²) in [4.78, 5) is 10.7. The molecule has 16 heavy (non-hydrogen) atoms. The third-order valence-electron chi connectivity index (χ3n) is 3.31. The summed E-state index contributed by atoms with van der Waals surface area (Å²) in [7, 11) is 0. The summed E-state index contributed by atoms with van der Waals surface area (Å²) in [5.41, 5.74) is 0. The molecule has 0 aliphatic heterocycles. The number of rotatable bonds is 6. The zero-order chi connectivity index (χ0) is 11.8. The fourth-order valence-electron chi connectivity index (χ4n) is 2.51. The molecule has 1 unspecified atom stereocenters. The molecule has 0 radical (unpaired) electrons. The van der Waals surface area contributed by atoms with E-state index in [1.54, 1.807) is 0 Å². The van der Waals surface area contributed by atoms with Gasteiger partial charge in [0.2, 0.25) is 0 Å². The van der Waals surface area contributed by atoms with Gasteiger partial charge < -0.3 is 15.7 Å². The van der Waals surface area contributed by atoms with E-state index in [9.17, 15) is 4.79 Å². The van der Waals surface area contributed by atoms with Gasteiger partial charge in [0.15, 0.2) is 0 Å². The van der Waals surface area contributed by atoms with E-state index in [1.807, 2.05) is 6.92 Å². The van der Waals surface area contributed by atoms with E-state index in [0.29, 0.717) is 5.92 Å². The summed E-state index contributed by atoms with van der Waals surface area (Å²) in [6, 6.07) is 0.0700. The minimum Gasteiger partial charge on any atom is -0.465 e. The molecular formula is C12H24N2O2. The second kappa shape index (κ2) is 7.49. The molecule has 4 heteroatoms. The van der Waals surface area contributed by atoms with Gasteiger partial charge in [-0.05, 0) is 18.9 Å². The highest BCUT2D eigenvalue weighted by Crippen LogP contribution is 2.27. The molecule has 1 amide bonds. The van der Waals surface area contributed by atoms with Crippen LogP contribution in [-0.4, -0.2) is 30.3 Å². The summed E-state index contributed by atoms with van der Waals surface area (Å²) in [6.45, 7) is 3.68. The van der Waals surface area contributed by atoms with Gasteiger partial charge in [-0.2, -0.15) is 0 Å². The molecule has 0 heterocycles. The Hall–Kier alpha value is -0.770. The Morgan fingerprint density at radius 1 is 1.38 bits per heavy atom. The number of likely N-dealkylation sites (N-methyl/N-ethyl adjacent to an activating group) is 1. The van der Waals surface area contributed by atoms with Gasteiger partial charge in [0.1, 0.15) is 0 Å². The van der Waals surface area contributed by atoms with E-state index in [-0.39, 0.29) is 6.04 Å². The quantitative estimate of drug-likeness (QED) is 0.653. The fourth-order valence-corrected chi connectivity index (χ4v) is 2.51. The molecule has 1 fully saturated rings.